The number of hydrogen-bond donors (Lipinski definition) is 0. The predicted molar refractivity (Wildman–Crippen MR) is 71.0 cm³/mol. The van der Waals surface area contributed by atoms with E-state index in [-0.39, 0.29) is 0 Å². The van der Waals surface area contributed by atoms with E-state index < -0.39 is 0 Å². The highest BCUT2D eigenvalue weighted by Crippen LogP contribution is 2.29. The van der Waals surface area contributed by atoms with Crippen LogP contribution in [0, 0.1) is 11.8 Å². The third-order valence-electron chi connectivity index (χ3n) is 2.70. The Morgan fingerprint density at radius 2 is 1.80 bits per heavy atom. The first-order valence-corrected chi connectivity index (χ1v) is 6.31. The Hall–Kier alpha value is -0.520. The van der Waals surface area contributed by atoms with E-state index in [0.717, 1.165) is 11.8 Å². The second kappa shape index (κ2) is 7.73. The van der Waals surface area contributed by atoms with Gasteiger partial charge in [0, 0.05) is 0 Å². The largest absolute Gasteiger partial charge is 0.0874 e. The van der Waals surface area contributed by atoms with Crippen molar-refractivity contribution in [3.63, 3.8) is 0 Å². The van der Waals surface area contributed by atoms with Gasteiger partial charge in [-0.1, -0.05) is 45.4 Å². The summed E-state index contributed by atoms with van der Waals surface area (Å²) in [4.78, 5) is 0. The normalized spacial score (nSPS) is 21.9. The second-order valence-corrected chi connectivity index (χ2v) is 5.23. The molecule has 0 aromatic heterocycles. The average molecular weight is 208 g/mol. The fraction of sp³-hybridized carbons (Fsp3) is 0.733. The molecule has 0 aromatic carbocycles. The van der Waals surface area contributed by atoms with Crippen LogP contribution >= 0.6 is 0 Å². The van der Waals surface area contributed by atoms with Crippen molar-refractivity contribution in [2.24, 2.45) is 11.8 Å². The van der Waals surface area contributed by atoms with E-state index in [1.54, 1.807) is 11.1 Å². The van der Waals surface area contributed by atoms with E-state index in [1.165, 1.54) is 19.3 Å². The fourth-order valence-electron chi connectivity index (χ4n) is 1.74. The molecule has 0 saturated heterocycles. The van der Waals surface area contributed by atoms with Gasteiger partial charge in [0.15, 0.2) is 0 Å². The van der Waals surface area contributed by atoms with Gasteiger partial charge in [-0.3, -0.25) is 0 Å². The Morgan fingerprint density at radius 1 is 1.27 bits per heavy atom. The Kier molecular flexibility index (Phi) is 7.46. The molecule has 0 aromatic rings. The van der Waals surface area contributed by atoms with Crippen LogP contribution in [0.2, 0.25) is 0 Å². The van der Waals surface area contributed by atoms with Crippen LogP contribution in [0.25, 0.3) is 0 Å². The summed E-state index contributed by atoms with van der Waals surface area (Å²) in [5, 5.41) is 0. The topological polar surface area (TPSA) is 0 Å². The fourth-order valence-corrected chi connectivity index (χ4v) is 1.74. The van der Waals surface area contributed by atoms with E-state index in [1.807, 2.05) is 0 Å². The van der Waals surface area contributed by atoms with Crippen LogP contribution in [0.5, 0.6) is 0 Å². The predicted octanol–water partition coefficient (Wildman–Crippen LogP) is 5.36. The van der Waals surface area contributed by atoms with Crippen molar-refractivity contribution in [2.75, 3.05) is 0 Å². The molecule has 88 valence electrons. The molecule has 1 aliphatic rings. The van der Waals surface area contributed by atoms with Gasteiger partial charge in [0.25, 0.3) is 0 Å². The molecule has 0 heterocycles. The van der Waals surface area contributed by atoms with Gasteiger partial charge in [-0.2, -0.15) is 0 Å². The molecule has 0 nitrogen and oxygen atoms in total. The summed E-state index contributed by atoms with van der Waals surface area (Å²) >= 11 is 0. The zero-order chi connectivity index (χ0) is 11.8. The van der Waals surface area contributed by atoms with Gasteiger partial charge in [0.2, 0.25) is 0 Å². The molecule has 1 unspecified atom stereocenters. The molecule has 0 heteroatoms. The van der Waals surface area contributed by atoms with Crippen LogP contribution in [-0.4, -0.2) is 0 Å². The van der Waals surface area contributed by atoms with Crippen LogP contribution in [0.4, 0.5) is 0 Å². The van der Waals surface area contributed by atoms with Crippen LogP contribution < -0.4 is 0 Å². The minimum Gasteiger partial charge on any atom is -0.0874 e. The molecule has 0 N–H and O–H groups in total. The molecule has 0 fully saturated rings. The SMILES string of the molecule is C/C=C\C1=C(C)C(C)CCC1.CC(C)C. The summed E-state index contributed by atoms with van der Waals surface area (Å²) in [7, 11) is 0. The summed E-state index contributed by atoms with van der Waals surface area (Å²) in [6.07, 6.45) is 8.47. The maximum atomic E-state index is 2.33. The maximum absolute atomic E-state index is 2.33. The lowest BCUT2D eigenvalue weighted by molar-refractivity contribution is 0.541. The molecule has 0 radical (unpaired) electrons. The molecule has 0 aliphatic heterocycles. The third-order valence-corrected chi connectivity index (χ3v) is 2.70. The van der Waals surface area contributed by atoms with Crippen molar-refractivity contribution in [3.05, 3.63) is 23.3 Å². The highest BCUT2D eigenvalue weighted by Gasteiger charge is 2.13. The van der Waals surface area contributed by atoms with E-state index in [2.05, 4.69) is 53.7 Å². The summed E-state index contributed by atoms with van der Waals surface area (Å²) < 4.78 is 0. The van der Waals surface area contributed by atoms with Crippen LogP contribution in [0.15, 0.2) is 23.3 Å². The molecule has 0 saturated carbocycles. The smallest absolute Gasteiger partial charge is 0.0228 e. The van der Waals surface area contributed by atoms with Gasteiger partial charge >= 0.3 is 0 Å². The average Bonchev–Trinajstić information content (AvgIpc) is 2.12. The van der Waals surface area contributed by atoms with E-state index in [9.17, 15) is 0 Å². The van der Waals surface area contributed by atoms with Gasteiger partial charge in [-0.25, -0.2) is 0 Å². The van der Waals surface area contributed by atoms with Gasteiger partial charge in [0.05, 0.1) is 0 Å². The first-order valence-electron chi connectivity index (χ1n) is 6.31. The second-order valence-electron chi connectivity index (χ2n) is 5.23. The lowest BCUT2D eigenvalue weighted by atomic mass is 9.85. The van der Waals surface area contributed by atoms with Crippen LogP contribution in [-0.2, 0) is 0 Å². The van der Waals surface area contributed by atoms with Crippen molar-refractivity contribution in [1.82, 2.24) is 0 Å². The monoisotopic (exact) mass is 208 g/mol. The molecule has 0 spiro atoms. The number of hydrogen-bond acceptors (Lipinski definition) is 0. The summed E-state index contributed by atoms with van der Waals surface area (Å²) in [6.45, 7) is 13.2. The van der Waals surface area contributed by atoms with Crippen molar-refractivity contribution in [3.8, 4) is 0 Å². The lowest BCUT2D eigenvalue weighted by Gasteiger charge is -2.21. The van der Waals surface area contributed by atoms with Crippen molar-refractivity contribution < 1.29 is 0 Å². The number of rotatable bonds is 1. The quantitative estimate of drug-likeness (QED) is 0.544. The van der Waals surface area contributed by atoms with Gasteiger partial charge in [-0.15, -0.1) is 0 Å². The maximum Gasteiger partial charge on any atom is -0.0228 e. The molecular weight excluding hydrogens is 180 g/mol. The van der Waals surface area contributed by atoms with E-state index >= 15 is 0 Å². The minimum absolute atomic E-state index is 0.815. The Labute approximate surface area is 96.5 Å². The molecule has 1 atom stereocenters. The summed E-state index contributed by atoms with van der Waals surface area (Å²) in [5.74, 6) is 1.65. The zero-order valence-electron chi connectivity index (χ0n) is 11.4. The Bertz CT molecular complexity index is 215. The van der Waals surface area contributed by atoms with Crippen LogP contribution in [0.3, 0.4) is 0 Å². The molecule has 0 bridgehead atoms. The standard InChI is InChI=1S/C11H18.C4H10/c1-4-6-11-8-5-7-9(2)10(11)3;1-4(2)3/h4,6,9H,5,7-8H2,1-3H3;4H,1-3H3/b6-4-;. The van der Waals surface area contributed by atoms with E-state index in [4.69, 9.17) is 0 Å². The molecule has 1 aliphatic carbocycles. The summed E-state index contributed by atoms with van der Waals surface area (Å²) in [5.41, 5.74) is 3.18. The summed E-state index contributed by atoms with van der Waals surface area (Å²) in [6, 6.07) is 0. The van der Waals surface area contributed by atoms with Crippen LogP contribution in [0.1, 0.15) is 60.8 Å². The lowest BCUT2D eigenvalue weighted by Crippen LogP contribution is -2.05. The first kappa shape index (κ1) is 14.5. The Balaban J connectivity index is 0.000000423. The molecule has 1 rings (SSSR count). The van der Waals surface area contributed by atoms with Crippen molar-refractivity contribution >= 4 is 0 Å². The first-order chi connectivity index (χ1) is 6.99. The highest BCUT2D eigenvalue weighted by atomic mass is 14.2. The Morgan fingerprint density at radius 3 is 2.27 bits per heavy atom. The number of allylic oxidation sites excluding steroid dienone is 4. The zero-order valence-corrected chi connectivity index (χ0v) is 11.4. The molecule has 15 heavy (non-hydrogen) atoms. The van der Waals surface area contributed by atoms with Gasteiger partial charge in [-0.05, 0) is 50.5 Å². The van der Waals surface area contributed by atoms with Crippen molar-refractivity contribution in [1.29, 1.82) is 0 Å². The minimum atomic E-state index is 0.815. The molecule has 0 amide bonds. The van der Waals surface area contributed by atoms with E-state index in [0.29, 0.717) is 0 Å². The highest BCUT2D eigenvalue weighted by molar-refractivity contribution is 5.27. The van der Waals surface area contributed by atoms with Gasteiger partial charge < -0.3 is 0 Å². The van der Waals surface area contributed by atoms with Crippen molar-refractivity contribution in [2.45, 2.75) is 60.8 Å². The molecular formula is C15H28. The third kappa shape index (κ3) is 6.54. The van der Waals surface area contributed by atoms with Gasteiger partial charge in [0.1, 0.15) is 0 Å².